The Labute approximate surface area is 156 Å². The number of carbonyl (C=O) groups is 2. The van der Waals surface area contributed by atoms with Crippen LogP contribution in [-0.4, -0.2) is 33.3 Å². The molecule has 0 aromatic heterocycles. The number of ketones is 1. The summed E-state index contributed by atoms with van der Waals surface area (Å²) in [5.41, 5.74) is 1.15. The highest BCUT2D eigenvalue weighted by Crippen LogP contribution is 2.39. The first-order valence-electron chi connectivity index (χ1n) is 8.69. The first kappa shape index (κ1) is 18.6. The molecule has 1 unspecified atom stereocenters. The predicted molar refractivity (Wildman–Crippen MR) is 98.5 cm³/mol. The predicted octanol–water partition coefficient (Wildman–Crippen LogP) is 3.67. The van der Waals surface area contributed by atoms with Crippen LogP contribution in [0.25, 0.3) is 5.76 Å². The lowest BCUT2D eigenvalue weighted by atomic mass is 9.94. The van der Waals surface area contributed by atoms with Crippen LogP contribution in [0.15, 0.2) is 48.0 Å². The maximum Gasteiger partial charge on any atom is 0.295 e. The Bertz CT molecular complexity index is 934. The van der Waals surface area contributed by atoms with Gasteiger partial charge in [-0.1, -0.05) is 19.1 Å². The molecule has 0 saturated carbocycles. The molecular weight excluding hydrogens is 349 g/mol. The van der Waals surface area contributed by atoms with E-state index in [2.05, 4.69) is 0 Å². The minimum absolute atomic E-state index is 0.0369. The standard InChI is InChI=1S/C21H20FNO4/c1-3-10-23-18(13-4-7-15(24)8-5-13)17(20(26)21(23)27)19(25)14-6-9-16(22)12(2)11-14/h4-9,11,18,24-25H,3,10H2,1-2H3/b19-17-. The van der Waals surface area contributed by atoms with Gasteiger partial charge < -0.3 is 15.1 Å². The molecule has 0 radical (unpaired) electrons. The summed E-state index contributed by atoms with van der Waals surface area (Å²) in [6, 6.07) is 9.39. The number of Topliss-reactive ketones (excluding diaryl/α,β-unsaturated/α-hetero) is 1. The van der Waals surface area contributed by atoms with Gasteiger partial charge in [-0.15, -0.1) is 0 Å². The zero-order valence-electron chi connectivity index (χ0n) is 15.1. The number of halogens is 1. The van der Waals surface area contributed by atoms with Crippen LogP contribution < -0.4 is 0 Å². The van der Waals surface area contributed by atoms with Gasteiger partial charge in [0.25, 0.3) is 11.7 Å². The lowest BCUT2D eigenvalue weighted by Crippen LogP contribution is -2.30. The number of benzene rings is 2. The van der Waals surface area contributed by atoms with Gasteiger partial charge in [-0.3, -0.25) is 9.59 Å². The molecule has 0 aliphatic carbocycles. The number of nitrogens with zero attached hydrogens (tertiary/aromatic N) is 1. The first-order chi connectivity index (χ1) is 12.8. The molecule has 1 aliphatic rings. The second kappa shape index (κ2) is 7.23. The second-order valence-corrected chi connectivity index (χ2v) is 6.55. The summed E-state index contributed by atoms with van der Waals surface area (Å²) in [7, 11) is 0. The van der Waals surface area contributed by atoms with E-state index in [1.807, 2.05) is 6.92 Å². The van der Waals surface area contributed by atoms with Crippen molar-refractivity contribution in [2.75, 3.05) is 6.54 Å². The molecule has 2 N–H and O–H groups in total. The molecular formula is C21H20FNO4. The highest BCUT2D eigenvalue weighted by Gasteiger charge is 2.45. The van der Waals surface area contributed by atoms with E-state index in [1.165, 1.54) is 35.2 Å². The molecule has 5 nitrogen and oxygen atoms in total. The second-order valence-electron chi connectivity index (χ2n) is 6.55. The topological polar surface area (TPSA) is 77.8 Å². The van der Waals surface area contributed by atoms with E-state index in [1.54, 1.807) is 19.1 Å². The van der Waals surface area contributed by atoms with Gasteiger partial charge in [0.2, 0.25) is 0 Å². The molecule has 2 aromatic carbocycles. The van der Waals surface area contributed by atoms with Crippen molar-refractivity contribution in [2.45, 2.75) is 26.3 Å². The van der Waals surface area contributed by atoms with E-state index in [4.69, 9.17) is 0 Å². The number of aromatic hydroxyl groups is 1. The van der Waals surface area contributed by atoms with Crippen molar-refractivity contribution in [3.63, 3.8) is 0 Å². The Kier molecular flexibility index (Phi) is 4.99. The molecule has 0 bridgehead atoms. The maximum absolute atomic E-state index is 13.6. The van der Waals surface area contributed by atoms with Gasteiger partial charge in [0.15, 0.2) is 0 Å². The van der Waals surface area contributed by atoms with E-state index < -0.39 is 23.5 Å². The van der Waals surface area contributed by atoms with Crippen molar-refractivity contribution in [1.82, 2.24) is 4.90 Å². The molecule has 1 saturated heterocycles. The molecule has 140 valence electrons. The molecule has 27 heavy (non-hydrogen) atoms. The molecule has 1 aliphatic heterocycles. The number of rotatable bonds is 4. The number of carbonyl (C=O) groups excluding carboxylic acids is 2. The van der Waals surface area contributed by atoms with Crippen molar-refractivity contribution < 1.29 is 24.2 Å². The average Bonchev–Trinajstić information content (AvgIpc) is 2.89. The molecule has 1 amide bonds. The van der Waals surface area contributed by atoms with Gasteiger partial charge in [0, 0.05) is 12.1 Å². The van der Waals surface area contributed by atoms with Gasteiger partial charge in [0.1, 0.15) is 17.3 Å². The van der Waals surface area contributed by atoms with E-state index in [9.17, 15) is 24.2 Å². The lowest BCUT2D eigenvalue weighted by molar-refractivity contribution is -0.139. The molecule has 1 atom stereocenters. The summed E-state index contributed by atoms with van der Waals surface area (Å²) < 4.78 is 13.6. The Hall–Kier alpha value is -3.15. The third-order valence-corrected chi connectivity index (χ3v) is 4.64. The van der Waals surface area contributed by atoms with Crippen LogP contribution in [0.4, 0.5) is 4.39 Å². The number of aliphatic hydroxyl groups excluding tert-OH is 1. The third kappa shape index (κ3) is 3.30. The van der Waals surface area contributed by atoms with Crippen LogP contribution in [0.3, 0.4) is 0 Å². The van der Waals surface area contributed by atoms with Crippen molar-refractivity contribution in [3.8, 4) is 5.75 Å². The van der Waals surface area contributed by atoms with Gasteiger partial charge in [0.05, 0.1) is 11.6 Å². The summed E-state index contributed by atoms with van der Waals surface area (Å²) in [6.07, 6.45) is 0.636. The van der Waals surface area contributed by atoms with Crippen molar-refractivity contribution in [3.05, 3.63) is 70.5 Å². The average molecular weight is 369 g/mol. The fourth-order valence-electron chi connectivity index (χ4n) is 3.30. The monoisotopic (exact) mass is 369 g/mol. The number of likely N-dealkylation sites (tertiary alicyclic amines) is 1. The minimum Gasteiger partial charge on any atom is -0.508 e. The van der Waals surface area contributed by atoms with Crippen molar-refractivity contribution in [2.24, 2.45) is 0 Å². The van der Waals surface area contributed by atoms with E-state index in [-0.39, 0.29) is 22.6 Å². The molecule has 1 heterocycles. The normalized spacial score (nSPS) is 18.9. The highest BCUT2D eigenvalue weighted by atomic mass is 19.1. The van der Waals surface area contributed by atoms with Gasteiger partial charge in [-0.2, -0.15) is 0 Å². The number of phenolic OH excluding ortho intramolecular Hbond substituents is 1. The third-order valence-electron chi connectivity index (χ3n) is 4.64. The van der Waals surface area contributed by atoms with Gasteiger partial charge >= 0.3 is 0 Å². The first-order valence-corrected chi connectivity index (χ1v) is 8.69. The van der Waals surface area contributed by atoms with Crippen LogP contribution in [-0.2, 0) is 9.59 Å². The largest absolute Gasteiger partial charge is 0.508 e. The number of phenols is 1. The number of aliphatic hydroxyl groups is 1. The SMILES string of the molecule is CCCN1C(=O)C(=O)/C(=C(\O)c2ccc(F)c(C)c2)C1c1ccc(O)cc1. The van der Waals surface area contributed by atoms with Crippen molar-refractivity contribution >= 4 is 17.4 Å². The highest BCUT2D eigenvalue weighted by molar-refractivity contribution is 6.46. The minimum atomic E-state index is -0.777. The zero-order valence-corrected chi connectivity index (χ0v) is 15.1. The Morgan fingerprint density at radius 1 is 1.15 bits per heavy atom. The summed E-state index contributed by atoms with van der Waals surface area (Å²) >= 11 is 0. The molecule has 3 rings (SSSR count). The molecule has 0 spiro atoms. The van der Waals surface area contributed by atoms with E-state index in [0.29, 0.717) is 24.1 Å². The summed E-state index contributed by atoms with van der Waals surface area (Å²) in [5.74, 6) is -2.17. The van der Waals surface area contributed by atoms with Crippen LogP contribution in [0.2, 0.25) is 0 Å². The number of aryl methyl sites for hydroxylation is 1. The van der Waals surface area contributed by atoms with Crippen LogP contribution in [0.5, 0.6) is 5.75 Å². The number of amides is 1. The number of hydrogen-bond acceptors (Lipinski definition) is 4. The van der Waals surface area contributed by atoms with Crippen LogP contribution >= 0.6 is 0 Å². The molecule has 2 aromatic rings. The maximum atomic E-state index is 13.6. The van der Waals surface area contributed by atoms with Crippen LogP contribution in [0, 0.1) is 12.7 Å². The Morgan fingerprint density at radius 2 is 1.81 bits per heavy atom. The summed E-state index contributed by atoms with van der Waals surface area (Å²) in [6.45, 7) is 3.78. The lowest BCUT2D eigenvalue weighted by Gasteiger charge is -2.24. The summed E-state index contributed by atoms with van der Waals surface area (Å²) in [4.78, 5) is 26.6. The van der Waals surface area contributed by atoms with E-state index >= 15 is 0 Å². The zero-order chi connectivity index (χ0) is 19.7. The molecule has 1 fully saturated rings. The number of hydrogen-bond donors (Lipinski definition) is 2. The fourth-order valence-corrected chi connectivity index (χ4v) is 3.30. The van der Waals surface area contributed by atoms with Crippen molar-refractivity contribution in [1.29, 1.82) is 0 Å². The quantitative estimate of drug-likeness (QED) is 0.490. The molecule has 6 heteroatoms. The van der Waals surface area contributed by atoms with E-state index in [0.717, 1.165) is 0 Å². The summed E-state index contributed by atoms with van der Waals surface area (Å²) in [5, 5.41) is 20.3. The Morgan fingerprint density at radius 3 is 2.41 bits per heavy atom. The van der Waals surface area contributed by atoms with Gasteiger partial charge in [-0.05, 0) is 54.8 Å². The fraction of sp³-hybridized carbons (Fsp3) is 0.238. The van der Waals surface area contributed by atoms with Crippen LogP contribution in [0.1, 0.15) is 36.1 Å². The smallest absolute Gasteiger partial charge is 0.295 e. The Balaban J connectivity index is 2.19. The van der Waals surface area contributed by atoms with Gasteiger partial charge in [-0.25, -0.2) is 4.39 Å².